The predicted octanol–water partition coefficient (Wildman–Crippen LogP) is 3.55. The molecule has 72 valence electrons. The smallest absolute Gasteiger partial charge is 0.118 e. The average molecular weight is 199 g/mol. The fourth-order valence-corrected chi connectivity index (χ4v) is 1.64. The summed E-state index contributed by atoms with van der Waals surface area (Å²) in [6.07, 6.45) is 5.00. The number of aromatic nitrogens is 1. The Labute approximate surface area is 82.3 Å². The molecule has 1 aromatic heterocycles. The van der Waals surface area contributed by atoms with Crippen molar-refractivity contribution in [2.24, 2.45) is 0 Å². The number of allylic oxidation sites excluding steroid dienone is 2. The Morgan fingerprint density at radius 2 is 2.38 bits per heavy atom. The molecule has 2 unspecified atom stereocenters. The molecule has 0 saturated carbocycles. The fourth-order valence-electron chi connectivity index (χ4n) is 0.965. The van der Waals surface area contributed by atoms with Gasteiger partial charge in [0.15, 0.2) is 0 Å². The van der Waals surface area contributed by atoms with Gasteiger partial charge in [-0.2, -0.15) is 0 Å². The zero-order valence-electron chi connectivity index (χ0n) is 7.90. The lowest BCUT2D eigenvalue weighted by molar-refractivity contribution is 0.389. The van der Waals surface area contributed by atoms with Gasteiger partial charge >= 0.3 is 0 Å². The number of rotatable bonds is 4. The van der Waals surface area contributed by atoms with Gasteiger partial charge in [0.05, 0.1) is 5.01 Å². The second-order valence-corrected chi connectivity index (χ2v) is 3.89. The van der Waals surface area contributed by atoms with E-state index in [1.165, 1.54) is 0 Å². The Kier molecular flexibility index (Phi) is 4.09. The molecule has 0 aliphatic rings. The molecule has 2 atom stereocenters. The van der Waals surface area contributed by atoms with Gasteiger partial charge in [-0.25, -0.2) is 9.37 Å². The van der Waals surface area contributed by atoms with Crippen LogP contribution in [0.3, 0.4) is 0 Å². The van der Waals surface area contributed by atoms with Crippen molar-refractivity contribution in [1.29, 1.82) is 0 Å². The lowest BCUT2D eigenvalue weighted by Crippen LogP contribution is -1.93. The van der Waals surface area contributed by atoms with Crippen LogP contribution in [0.25, 0.3) is 0 Å². The molecule has 0 aromatic carbocycles. The average Bonchev–Trinajstić information content (AvgIpc) is 2.66. The summed E-state index contributed by atoms with van der Waals surface area (Å²) in [4.78, 5) is 4.16. The first-order valence-electron chi connectivity index (χ1n) is 4.45. The van der Waals surface area contributed by atoms with Crippen LogP contribution in [0.5, 0.6) is 0 Å². The molecular formula is C10H14FNS. The monoisotopic (exact) mass is 199 g/mol. The van der Waals surface area contributed by atoms with E-state index in [0.29, 0.717) is 6.42 Å². The normalized spacial score (nSPS) is 16.2. The molecule has 13 heavy (non-hydrogen) atoms. The minimum atomic E-state index is -0.817. The summed E-state index contributed by atoms with van der Waals surface area (Å²) in [7, 11) is 0. The zero-order valence-corrected chi connectivity index (χ0v) is 8.72. The Hall–Kier alpha value is -0.700. The van der Waals surface area contributed by atoms with E-state index in [-0.39, 0.29) is 5.92 Å². The summed E-state index contributed by atoms with van der Waals surface area (Å²) in [5.41, 5.74) is 0. The number of thiazole rings is 1. The Morgan fingerprint density at radius 3 is 2.92 bits per heavy atom. The fraction of sp³-hybridized carbons (Fsp3) is 0.500. The molecule has 0 aliphatic heterocycles. The number of nitrogens with zero attached hydrogens (tertiary/aromatic N) is 1. The Balaban J connectivity index is 2.50. The van der Waals surface area contributed by atoms with Crippen molar-refractivity contribution in [3.05, 3.63) is 28.7 Å². The van der Waals surface area contributed by atoms with Crippen LogP contribution in [0, 0.1) is 0 Å². The van der Waals surface area contributed by atoms with E-state index in [1.54, 1.807) is 23.6 Å². The molecule has 1 aromatic rings. The van der Waals surface area contributed by atoms with Crippen LogP contribution in [-0.4, -0.2) is 11.2 Å². The maximum absolute atomic E-state index is 12.8. The summed E-state index contributed by atoms with van der Waals surface area (Å²) in [5, 5.41) is 2.98. The highest BCUT2D eigenvalue weighted by Crippen LogP contribution is 2.19. The van der Waals surface area contributed by atoms with Crippen molar-refractivity contribution in [1.82, 2.24) is 4.98 Å². The number of alkyl halides is 1. The Morgan fingerprint density at radius 1 is 1.62 bits per heavy atom. The first kappa shape index (κ1) is 10.4. The third-order valence-electron chi connectivity index (χ3n) is 1.84. The second-order valence-electron chi connectivity index (χ2n) is 2.97. The second kappa shape index (κ2) is 5.12. The summed E-state index contributed by atoms with van der Waals surface area (Å²) in [6.45, 7) is 3.86. The largest absolute Gasteiger partial charge is 0.249 e. The number of halogens is 1. The zero-order chi connectivity index (χ0) is 9.68. The summed E-state index contributed by atoms with van der Waals surface area (Å²) in [6, 6.07) is 0. The molecule has 0 radical (unpaired) electrons. The molecule has 0 fully saturated rings. The van der Waals surface area contributed by atoms with E-state index in [2.05, 4.69) is 4.98 Å². The molecule has 3 heteroatoms. The topological polar surface area (TPSA) is 12.9 Å². The van der Waals surface area contributed by atoms with Crippen molar-refractivity contribution in [2.75, 3.05) is 0 Å². The standard InChI is InChI=1S/C10H14FNS/c1-3-9(11)5-4-8(2)10-12-6-7-13-10/h4-9H,3H2,1-2H3. The van der Waals surface area contributed by atoms with Gasteiger partial charge in [0.25, 0.3) is 0 Å². The molecule has 0 aliphatic carbocycles. The molecule has 0 bridgehead atoms. The quantitative estimate of drug-likeness (QED) is 0.676. The van der Waals surface area contributed by atoms with Crippen molar-refractivity contribution in [3.8, 4) is 0 Å². The first-order valence-corrected chi connectivity index (χ1v) is 5.33. The highest BCUT2D eigenvalue weighted by molar-refractivity contribution is 7.09. The Bertz CT molecular complexity index is 256. The molecule has 1 nitrogen and oxygen atoms in total. The van der Waals surface area contributed by atoms with Crippen molar-refractivity contribution < 1.29 is 4.39 Å². The van der Waals surface area contributed by atoms with Crippen molar-refractivity contribution in [2.45, 2.75) is 32.4 Å². The minimum Gasteiger partial charge on any atom is -0.249 e. The van der Waals surface area contributed by atoms with Crippen molar-refractivity contribution in [3.63, 3.8) is 0 Å². The SMILES string of the molecule is CCC(F)C=CC(C)c1nccs1. The van der Waals surface area contributed by atoms with Crippen LogP contribution in [-0.2, 0) is 0 Å². The maximum atomic E-state index is 12.8. The highest BCUT2D eigenvalue weighted by atomic mass is 32.1. The summed E-state index contributed by atoms with van der Waals surface area (Å²) in [5.74, 6) is 0.227. The molecule has 0 amide bonds. The molecule has 0 spiro atoms. The van der Waals surface area contributed by atoms with Gasteiger partial charge in [0.1, 0.15) is 6.17 Å². The molecule has 1 heterocycles. The van der Waals surface area contributed by atoms with Crippen LogP contribution >= 0.6 is 11.3 Å². The van der Waals surface area contributed by atoms with Gasteiger partial charge in [0, 0.05) is 17.5 Å². The van der Waals surface area contributed by atoms with Gasteiger partial charge in [0.2, 0.25) is 0 Å². The van der Waals surface area contributed by atoms with E-state index >= 15 is 0 Å². The maximum Gasteiger partial charge on any atom is 0.118 e. The third-order valence-corrected chi connectivity index (χ3v) is 2.82. The van der Waals surface area contributed by atoms with Crippen LogP contribution in [0.4, 0.5) is 4.39 Å². The van der Waals surface area contributed by atoms with Crippen LogP contribution in [0.15, 0.2) is 23.7 Å². The summed E-state index contributed by atoms with van der Waals surface area (Å²) >= 11 is 1.61. The van der Waals surface area contributed by atoms with Gasteiger partial charge in [-0.3, -0.25) is 0 Å². The third kappa shape index (κ3) is 3.27. The van der Waals surface area contributed by atoms with Gasteiger partial charge in [-0.15, -0.1) is 11.3 Å². The van der Waals surface area contributed by atoms with E-state index < -0.39 is 6.17 Å². The van der Waals surface area contributed by atoms with E-state index in [9.17, 15) is 4.39 Å². The van der Waals surface area contributed by atoms with Crippen LogP contribution in [0.1, 0.15) is 31.2 Å². The van der Waals surface area contributed by atoms with Crippen LogP contribution in [0.2, 0.25) is 0 Å². The van der Waals surface area contributed by atoms with E-state index in [1.807, 2.05) is 25.3 Å². The number of hydrogen-bond donors (Lipinski definition) is 0. The summed E-state index contributed by atoms with van der Waals surface area (Å²) < 4.78 is 12.8. The van der Waals surface area contributed by atoms with Gasteiger partial charge in [-0.05, 0) is 6.42 Å². The van der Waals surface area contributed by atoms with E-state index in [0.717, 1.165) is 5.01 Å². The van der Waals surface area contributed by atoms with Crippen molar-refractivity contribution >= 4 is 11.3 Å². The molecule has 0 N–H and O–H groups in total. The number of hydrogen-bond acceptors (Lipinski definition) is 2. The van der Waals surface area contributed by atoms with Gasteiger partial charge < -0.3 is 0 Å². The lowest BCUT2D eigenvalue weighted by Gasteiger charge is -2.01. The van der Waals surface area contributed by atoms with Crippen LogP contribution < -0.4 is 0 Å². The molecule has 0 saturated heterocycles. The van der Waals surface area contributed by atoms with Gasteiger partial charge in [-0.1, -0.05) is 26.0 Å². The lowest BCUT2D eigenvalue weighted by atomic mass is 10.1. The molecule has 1 rings (SSSR count). The predicted molar refractivity (Wildman–Crippen MR) is 54.9 cm³/mol. The minimum absolute atomic E-state index is 0.227. The highest BCUT2D eigenvalue weighted by Gasteiger charge is 2.04. The molecular weight excluding hydrogens is 185 g/mol. The van der Waals surface area contributed by atoms with E-state index in [4.69, 9.17) is 0 Å². The first-order chi connectivity index (χ1) is 6.24.